The maximum absolute atomic E-state index is 9.98. The van der Waals surface area contributed by atoms with Crippen LogP contribution < -0.4 is 23.7 Å². The van der Waals surface area contributed by atoms with E-state index < -0.39 is 6.10 Å². The maximum Gasteiger partial charge on any atom is 0.161 e. The molecule has 6 nitrogen and oxygen atoms in total. The number of hydrogen-bond donors (Lipinski definition) is 1. The summed E-state index contributed by atoms with van der Waals surface area (Å²) in [6.45, 7) is 2.28. The minimum Gasteiger partial charge on any atom is -0.490 e. The van der Waals surface area contributed by atoms with Crippen LogP contribution in [0.3, 0.4) is 0 Å². The van der Waals surface area contributed by atoms with Gasteiger partial charge in [0.2, 0.25) is 0 Å². The van der Waals surface area contributed by atoms with Gasteiger partial charge in [0, 0.05) is 24.1 Å². The number of aliphatic hydroxyl groups excluding tert-OH is 1. The predicted molar refractivity (Wildman–Crippen MR) is 191 cm³/mol. The Labute approximate surface area is 288 Å². The molecule has 0 spiro atoms. The number of aliphatic hydroxyl groups is 1. The Bertz CT molecular complexity index is 1780. The number of rotatable bonds is 12. The van der Waals surface area contributed by atoms with E-state index >= 15 is 0 Å². The van der Waals surface area contributed by atoms with Gasteiger partial charge in [-0.25, -0.2) is 0 Å². The second-order valence-electron chi connectivity index (χ2n) is 11.6. The van der Waals surface area contributed by atoms with Crippen LogP contribution in [0.4, 0.5) is 0 Å². The fourth-order valence-electron chi connectivity index (χ4n) is 5.25. The second-order valence-corrected chi connectivity index (χ2v) is 11.6. The average Bonchev–Trinajstić information content (AvgIpc) is 3.17. The highest BCUT2D eigenvalue weighted by molar-refractivity contribution is 5.52. The van der Waals surface area contributed by atoms with Crippen LogP contribution in [0.1, 0.15) is 27.8 Å². The summed E-state index contributed by atoms with van der Waals surface area (Å²) >= 11 is 0. The highest BCUT2D eigenvalue weighted by atomic mass is 16.5. The molecule has 6 aromatic carbocycles. The van der Waals surface area contributed by atoms with E-state index in [0.717, 1.165) is 39.3 Å². The molecule has 0 aliphatic carbocycles. The van der Waals surface area contributed by atoms with E-state index in [0.29, 0.717) is 50.1 Å². The van der Waals surface area contributed by atoms with Gasteiger partial charge in [0.05, 0.1) is 6.10 Å². The van der Waals surface area contributed by atoms with Crippen molar-refractivity contribution < 1.29 is 28.8 Å². The summed E-state index contributed by atoms with van der Waals surface area (Å²) in [7, 11) is 0. The summed E-state index contributed by atoms with van der Waals surface area (Å²) in [5, 5.41) is 9.98. The minimum atomic E-state index is -0.521. The summed E-state index contributed by atoms with van der Waals surface area (Å²) in [5.74, 6) is 3.63. The van der Waals surface area contributed by atoms with E-state index in [1.807, 2.05) is 158 Å². The summed E-state index contributed by atoms with van der Waals surface area (Å²) in [6, 6.07) is 51.8. The molecule has 0 saturated heterocycles. The fraction of sp³-hybridized carbons (Fsp3) is 0.163. The molecular weight excluding hydrogens is 612 g/mol. The number of para-hydroxylation sites is 2. The Morgan fingerprint density at radius 2 is 0.857 bits per heavy atom. The monoisotopic (exact) mass is 652 g/mol. The molecular formula is C43H40O6. The zero-order valence-corrected chi connectivity index (χ0v) is 27.3. The van der Waals surface area contributed by atoms with E-state index in [1.165, 1.54) is 0 Å². The van der Waals surface area contributed by atoms with Crippen molar-refractivity contribution in [1.29, 1.82) is 0 Å². The van der Waals surface area contributed by atoms with Crippen LogP contribution in [0, 0.1) is 0 Å². The van der Waals surface area contributed by atoms with Crippen molar-refractivity contribution in [2.75, 3.05) is 6.61 Å². The van der Waals surface area contributed by atoms with Crippen molar-refractivity contribution in [2.45, 2.75) is 39.0 Å². The van der Waals surface area contributed by atoms with E-state index in [2.05, 4.69) is 0 Å². The van der Waals surface area contributed by atoms with E-state index in [9.17, 15) is 5.11 Å². The molecule has 0 bridgehead atoms. The van der Waals surface area contributed by atoms with E-state index in [1.54, 1.807) is 0 Å². The third-order valence-electron chi connectivity index (χ3n) is 7.82. The highest BCUT2D eigenvalue weighted by Gasteiger charge is 2.23. The van der Waals surface area contributed by atoms with Crippen LogP contribution >= 0.6 is 0 Å². The standard InChI is InChI=1S/C23H22O4.C20H18O2/c24-19-11-21-22(26-15-18-9-5-2-6-10-18)12-20(13-23(21)27-16-19)25-14-17-7-3-1-4-8-17;1-3-9-17(10-4-1)15-21-19-13-7-8-14-20(19)22-16-18-11-5-2-6-12-18/h1-10,12-13,19,24H,11,14-16H2;1-14H,15-16H2. The van der Waals surface area contributed by atoms with Gasteiger partial charge in [0.25, 0.3) is 0 Å². The first-order chi connectivity index (χ1) is 24.2. The molecule has 1 unspecified atom stereocenters. The van der Waals surface area contributed by atoms with E-state index in [-0.39, 0.29) is 6.61 Å². The van der Waals surface area contributed by atoms with Crippen molar-refractivity contribution in [1.82, 2.24) is 0 Å². The van der Waals surface area contributed by atoms with Gasteiger partial charge in [0.1, 0.15) is 50.3 Å². The largest absolute Gasteiger partial charge is 0.490 e. The molecule has 1 heterocycles. The first-order valence-electron chi connectivity index (χ1n) is 16.4. The van der Waals surface area contributed by atoms with Crippen LogP contribution in [0.15, 0.2) is 158 Å². The highest BCUT2D eigenvalue weighted by Crippen LogP contribution is 2.38. The first-order valence-corrected chi connectivity index (χ1v) is 16.4. The summed E-state index contributed by atoms with van der Waals surface area (Å²) in [4.78, 5) is 0. The van der Waals surface area contributed by atoms with Gasteiger partial charge in [-0.1, -0.05) is 133 Å². The molecule has 49 heavy (non-hydrogen) atoms. The van der Waals surface area contributed by atoms with Gasteiger partial charge in [-0.2, -0.15) is 0 Å². The van der Waals surface area contributed by atoms with E-state index in [4.69, 9.17) is 23.7 Å². The second kappa shape index (κ2) is 17.4. The summed E-state index contributed by atoms with van der Waals surface area (Å²) in [5.41, 5.74) is 5.34. The van der Waals surface area contributed by atoms with Gasteiger partial charge < -0.3 is 28.8 Å². The van der Waals surface area contributed by atoms with Crippen molar-refractivity contribution in [2.24, 2.45) is 0 Å². The molecule has 1 aliphatic heterocycles. The predicted octanol–water partition coefficient (Wildman–Crippen LogP) is 8.99. The Hall–Kier alpha value is -5.72. The molecule has 248 valence electrons. The lowest BCUT2D eigenvalue weighted by Gasteiger charge is -2.25. The zero-order valence-electron chi connectivity index (χ0n) is 27.3. The molecule has 7 rings (SSSR count). The van der Waals surface area contributed by atoms with Crippen molar-refractivity contribution >= 4 is 0 Å². The average molecular weight is 653 g/mol. The van der Waals surface area contributed by atoms with Crippen LogP contribution in [0.5, 0.6) is 28.7 Å². The molecule has 0 fully saturated rings. The lowest BCUT2D eigenvalue weighted by molar-refractivity contribution is 0.0898. The molecule has 0 amide bonds. The minimum absolute atomic E-state index is 0.285. The van der Waals surface area contributed by atoms with Crippen LogP contribution in [-0.2, 0) is 32.8 Å². The van der Waals surface area contributed by atoms with Gasteiger partial charge in [-0.05, 0) is 34.4 Å². The van der Waals surface area contributed by atoms with Gasteiger partial charge >= 0.3 is 0 Å². The lowest BCUT2D eigenvalue weighted by Crippen LogP contribution is -2.26. The first kappa shape index (κ1) is 33.2. The number of benzene rings is 6. The Kier molecular flexibility index (Phi) is 11.8. The number of hydrogen-bond acceptors (Lipinski definition) is 6. The summed E-state index contributed by atoms with van der Waals surface area (Å²) in [6.07, 6.45) is -0.00836. The fourth-order valence-corrected chi connectivity index (χ4v) is 5.25. The summed E-state index contributed by atoms with van der Waals surface area (Å²) < 4.78 is 29.5. The molecule has 6 heteroatoms. The van der Waals surface area contributed by atoms with Crippen LogP contribution in [-0.4, -0.2) is 17.8 Å². The normalized spacial score (nSPS) is 13.1. The third kappa shape index (κ3) is 10.1. The van der Waals surface area contributed by atoms with Gasteiger partial charge in [0.15, 0.2) is 11.5 Å². The van der Waals surface area contributed by atoms with Gasteiger partial charge in [-0.15, -0.1) is 0 Å². The molecule has 1 N–H and O–H groups in total. The zero-order chi connectivity index (χ0) is 33.5. The quantitative estimate of drug-likeness (QED) is 0.142. The Morgan fingerprint density at radius 3 is 1.31 bits per heavy atom. The van der Waals surface area contributed by atoms with Crippen molar-refractivity contribution in [3.05, 3.63) is 186 Å². The molecule has 1 aliphatic rings. The Morgan fingerprint density at radius 1 is 0.469 bits per heavy atom. The SMILES string of the molecule is OC1COc2cc(OCc3ccccc3)cc(OCc3ccccc3)c2C1.c1ccc(COc2ccccc2OCc2ccccc2)cc1. The lowest BCUT2D eigenvalue weighted by atomic mass is 10.0. The third-order valence-corrected chi connectivity index (χ3v) is 7.82. The van der Waals surface area contributed by atoms with Crippen molar-refractivity contribution in [3.63, 3.8) is 0 Å². The molecule has 0 saturated carbocycles. The topological polar surface area (TPSA) is 66.4 Å². The Balaban J connectivity index is 0.000000174. The molecule has 0 aromatic heterocycles. The van der Waals surface area contributed by atoms with Crippen LogP contribution in [0.25, 0.3) is 0 Å². The molecule has 6 aromatic rings. The molecule has 1 atom stereocenters. The number of fused-ring (bicyclic) bond motifs is 1. The smallest absolute Gasteiger partial charge is 0.161 e. The molecule has 0 radical (unpaired) electrons. The maximum atomic E-state index is 9.98. The van der Waals surface area contributed by atoms with Gasteiger partial charge in [-0.3, -0.25) is 0 Å². The van der Waals surface area contributed by atoms with Crippen molar-refractivity contribution in [3.8, 4) is 28.7 Å². The van der Waals surface area contributed by atoms with Crippen LogP contribution in [0.2, 0.25) is 0 Å². The number of ether oxygens (including phenoxy) is 5.